The molecule has 0 fully saturated rings. The van der Waals surface area contributed by atoms with Crippen LogP contribution in [-0.4, -0.2) is 5.91 Å². The van der Waals surface area contributed by atoms with Crippen molar-refractivity contribution in [1.29, 1.82) is 0 Å². The monoisotopic (exact) mass is 284 g/mol. The van der Waals surface area contributed by atoms with Gasteiger partial charge in [-0.05, 0) is 49.2 Å². The number of carbonyl (C=O) groups is 1. The van der Waals surface area contributed by atoms with E-state index >= 15 is 0 Å². The first-order chi connectivity index (χ1) is 9.54. The van der Waals surface area contributed by atoms with Crippen molar-refractivity contribution in [2.24, 2.45) is 5.73 Å². The van der Waals surface area contributed by atoms with Crippen LogP contribution in [0.4, 0.5) is 5.69 Å². The molecule has 1 heterocycles. The zero-order valence-electron chi connectivity index (χ0n) is 11.4. The molecule has 1 aliphatic heterocycles. The number of hydrogen-bond acceptors (Lipinski definition) is 3. The fourth-order valence-electron chi connectivity index (χ4n) is 2.24. The van der Waals surface area contributed by atoms with Gasteiger partial charge in [0.05, 0.1) is 0 Å². The molecule has 2 aromatic carbocycles. The summed E-state index contributed by atoms with van der Waals surface area (Å²) in [7, 11) is 0. The lowest BCUT2D eigenvalue weighted by Gasteiger charge is -2.07. The van der Waals surface area contributed by atoms with Crippen molar-refractivity contribution in [3.63, 3.8) is 0 Å². The Morgan fingerprint density at radius 1 is 1.05 bits per heavy atom. The lowest BCUT2D eigenvalue weighted by atomic mass is 10.1. The fourth-order valence-corrected chi connectivity index (χ4v) is 3.20. The molecular weight excluding hydrogens is 268 g/mol. The van der Waals surface area contributed by atoms with Crippen molar-refractivity contribution in [3.05, 3.63) is 53.1 Å². The summed E-state index contributed by atoms with van der Waals surface area (Å²) in [6.07, 6.45) is 0. The van der Waals surface area contributed by atoms with Crippen LogP contribution in [0.5, 0.6) is 0 Å². The lowest BCUT2D eigenvalue weighted by Crippen LogP contribution is -2.19. The number of fused-ring (bicyclic) bond motifs is 1. The first-order valence-electron chi connectivity index (χ1n) is 6.50. The van der Waals surface area contributed by atoms with E-state index in [0.717, 1.165) is 16.1 Å². The third kappa shape index (κ3) is 2.32. The summed E-state index contributed by atoms with van der Waals surface area (Å²) < 4.78 is 0. The zero-order valence-corrected chi connectivity index (χ0v) is 12.3. The highest BCUT2D eigenvalue weighted by molar-refractivity contribution is 7.99. The van der Waals surface area contributed by atoms with Gasteiger partial charge in [-0.25, -0.2) is 0 Å². The van der Waals surface area contributed by atoms with Crippen LogP contribution in [-0.2, 0) is 4.79 Å². The van der Waals surface area contributed by atoms with Crippen LogP contribution in [0.1, 0.15) is 22.7 Å². The molecule has 0 aromatic heterocycles. The quantitative estimate of drug-likeness (QED) is 0.888. The molecule has 3 N–H and O–H groups in total. The summed E-state index contributed by atoms with van der Waals surface area (Å²) in [5, 5.41) is 2.82. The summed E-state index contributed by atoms with van der Waals surface area (Å²) in [6, 6.07) is 11.8. The maximum Gasteiger partial charge on any atom is 0.245 e. The molecule has 4 heteroatoms. The molecule has 0 aliphatic carbocycles. The van der Waals surface area contributed by atoms with Crippen molar-refractivity contribution < 1.29 is 4.79 Å². The standard InChI is InChI=1S/C16H16N2OS/c1-9-3-4-11(7-10(9)2)20-12-5-6-13-14(8-12)18-16(19)15(13)17/h3-8,15H,17H2,1-2H3,(H,18,19). The Hall–Kier alpha value is -1.78. The lowest BCUT2D eigenvalue weighted by molar-refractivity contribution is -0.116. The molecule has 0 bridgehead atoms. The van der Waals surface area contributed by atoms with Gasteiger partial charge in [0.2, 0.25) is 5.91 Å². The molecule has 1 unspecified atom stereocenters. The Bertz CT molecular complexity index is 697. The smallest absolute Gasteiger partial charge is 0.245 e. The highest BCUT2D eigenvalue weighted by atomic mass is 32.2. The minimum absolute atomic E-state index is 0.131. The second-order valence-electron chi connectivity index (χ2n) is 5.06. The van der Waals surface area contributed by atoms with Gasteiger partial charge in [-0.2, -0.15) is 0 Å². The number of carbonyl (C=O) groups excluding carboxylic acids is 1. The average molecular weight is 284 g/mol. The van der Waals surface area contributed by atoms with E-state index in [1.54, 1.807) is 11.8 Å². The highest BCUT2D eigenvalue weighted by Gasteiger charge is 2.26. The third-order valence-corrected chi connectivity index (χ3v) is 4.59. The molecule has 2 aromatic rings. The van der Waals surface area contributed by atoms with Gasteiger partial charge in [-0.15, -0.1) is 0 Å². The number of nitrogens with two attached hydrogens (primary N) is 1. The minimum Gasteiger partial charge on any atom is -0.324 e. The van der Waals surface area contributed by atoms with E-state index in [2.05, 4.69) is 37.4 Å². The van der Waals surface area contributed by atoms with Crippen molar-refractivity contribution in [1.82, 2.24) is 0 Å². The summed E-state index contributed by atoms with van der Waals surface area (Å²) in [5.41, 5.74) is 10.1. The van der Waals surface area contributed by atoms with E-state index in [4.69, 9.17) is 5.73 Å². The van der Waals surface area contributed by atoms with Crippen LogP contribution in [0.15, 0.2) is 46.2 Å². The third-order valence-electron chi connectivity index (χ3n) is 3.61. The topological polar surface area (TPSA) is 55.1 Å². The van der Waals surface area contributed by atoms with Crippen LogP contribution in [0, 0.1) is 13.8 Å². The number of benzene rings is 2. The molecule has 1 amide bonds. The number of nitrogens with one attached hydrogen (secondary N) is 1. The molecule has 0 saturated heterocycles. The van der Waals surface area contributed by atoms with Crippen LogP contribution in [0.3, 0.4) is 0 Å². The maximum absolute atomic E-state index is 11.5. The van der Waals surface area contributed by atoms with Crippen molar-refractivity contribution >= 4 is 23.4 Å². The molecule has 3 nitrogen and oxygen atoms in total. The van der Waals surface area contributed by atoms with Gasteiger partial charge in [0, 0.05) is 21.0 Å². The minimum atomic E-state index is -0.536. The number of rotatable bonds is 2. The molecule has 0 radical (unpaired) electrons. The average Bonchev–Trinajstić information content (AvgIpc) is 2.69. The molecule has 1 atom stereocenters. The number of amides is 1. The van der Waals surface area contributed by atoms with Crippen LogP contribution in [0.25, 0.3) is 0 Å². The highest BCUT2D eigenvalue weighted by Crippen LogP contribution is 2.36. The van der Waals surface area contributed by atoms with Crippen molar-refractivity contribution in [2.75, 3.05) is 5.32 Å². The van der Waals surface area contributed by atoms with E-state index in [1.807, 2.05) is 18.2 Å². The van der Waals surface area contributed by atoms with Gasteiger partial charge in [0.25, 0.3) is 0 Å². The Labute approximate surface area is 122 Å². The van der Waals surface area contributed by atoms with Crippen LogP contribution < -0.4 is 11.1 Å². The van der Waals surface area contributed by atoms with Crippen LogP contribution in [0.2, 0.25) is 0 Å². The summed E-state index contributed by atoms with van der Waals surface area (Å²) in [6.45, 7) is 4.22. The van der Waals surface area contributed by atoms with Gasteiger partial charge < -0.3 is 11.1 Å². The Kier molecular flexibility index (Phi) is 3.28. The second kappa shape index (κ2) is 4.96. The molecular formula is C16H16N2OS. The number of aryl methyl sites for hydroxylation is 2. The Balaban J connectivity index is 1.87. The molecule has 0 spiro atoms. The maximum atomic E-state index is 11.5. The fraction of sp³-hybridized carbons (Fsp3) is 0.188. The number of anilines is 1. The Morgan fingerprint density at radius 3 is 2.50 bits per heavy atom. The summed E-state index contributed by atoms with van der Waals surface area (Å²) >= 11 is 1.69. The zero-order chi connectivity index (χ0) is 14.3. The number of hydrogen-bond donors (Lipinski definition) is 2. The van der Waals surface area contributed by atoms with Crippen LogP contribution >= 0.6 is 11.8 Å². The first kappa shape index (κ1) is 13.2. The van der Waals surface area contributed by atoms with Gasteiger partial charge in [-0.1, -0.05) is 23.9 Å². The first-order valence-corrected chi connectivity index (χ1v) is 7.32. The van der Waals surface area contributed by atoms with E-state index in [-0.39, 0.29) is 5.91 Å². The van der Waals surface area contributed by atoms with E-state index in [1.165, 1.54) is 16.0 Å². The Morgan fingerprint density at radius 2 is 1.75 bits per heavy atom. The van der Waals surface area contributed by atoms with Gasteiger partial charge in [-0.3, -0.25) is 4.79 Å². The molecule has 102 valence electrons. The van der Waals surface area contributed by atoms with Crippen molar-refractivity contribution in [2.45, 2.75) is 29.7 Å². The molecule has 0 saturated carbocycles. The van der Waals surface area contributed by atoms with Gasteiger partial charge in [0.1, 0.15) is 6.04 Å². The largest absolute Gasteiger partial charge is 0.324 e. The van der Waals surface area contributed by atoms with Crippen molar-refractivity contribution in [3.8, 4) is 0 Å². The molecule has 1 aliphatic rings. The van der Waals surface area contributed by atoms with E-state index in [9.17, 15) is 4.79 Å². The van der Waals surface area contributed by atoms with E-state index < -0.39 is 6.04 Å². The SMILES string of the molecule is Cc1ccc(Sc2ccc3c(c2)NC(=O)C3N)cc1C. The predicted molar refractivity (Wildman–Crippen MR) is 82.0 cm³/mol. The molecule has 20 heavy (non-hydrogen) atoms. The van der Waals surface area contributed by atoms with Gasteiger partial charge >= 0.3 is 0 Å². The summed E-state index contributed by atoms with van der Waals surface area (Å²) in [4.78, 5) is 13.8. The molecule has 3 rings (SSSR count). The predicted octanol–water partition coefficient (Wildman–Crippen LogP) is 3.41. The second-order valence-corrected chi connectivity index (χ2v) is 6.21. The summed E-state index contributed by atoms with van der Waals surface area (Å²) in [5.74, 6) is -0.131. The normalized spacial score (nSPS) is 16.9. The van der Waals surface area contributed by atoms with E-state index in [0.29, 0.717) is 0 Å². The van der Waals surface area contributed by atoms with Gasteiger partial charge in [0.15, 0.2) is 0 Å².